The van der Waals surface area contributed by atoms with E-state index in [2.05, 4.69) is 20.9 Å². The summed E-state index contributed by atoms with van der Waals surface area (Å²) in [6, 6.07) is 1.79. The van der Waals surface area contributed by atoms with Crippen LogP contribution in [-0.2, 0) is 4.74 Å². The number of methoxy groups -OCH3 is 1. The largest absolute Gasteiger partial charge is 0.495 e. The topological polar surface area (TPSA) is 52.8 Å². The zero-order chi connectivity index (χ0) is 12.4. The fraction of sp³-hybridized carbons (Fsp3) is 0.273. The minimum absolute atomic E-state index is 0.279. The summed E-state index contributed by atoms with van der Waals surface area (Å²) in [5.74, 6) is 0.249. The minimum Gasteiger partial charge on any atom is -0.495 e. The minimum atomic E-state index is -0.429. The Hall–Kier alpha value is -1.56. The van der Waals surface area contributed by atoms with Gasteiger partial charge in [-0.1, -0.05) is 0 Å². The first kappa shape index (κ1) is 11.9. The number of imidazole rings is 1. The number of carbonyl (C=O) groups excluding carboxylic acids is 1. The number of fused-ring (bicyclic) bond motifs is 1. The first-order valence-electron chi connectivity index (χ1n) is 5.05. The molecule has 0 atom stereocenters. The lowest BCUT2D eigenvalue weighted by Gasteiger charge is -2.01. The Morgan fingerprint density at radius 1 is 1.53 bits per heavy atom. The van der Waals surface area contributed by atoms with Gasteiger partial charge in [0.2, 0.25) is 0 Å². The Kier molecular flexibility index (Phi) is 3.33. The molecule has 0 bridgehead atoms. The molecule has 5 nitrogen and oxygen atoms in total. The molecule has 0 aromatic carbocycles. The molecule has 2 heterocycles. The maximum Gasteiger partial charge on any atom is 0.358 e. The smallest absolute Gasteiger partial charge is 0.358 e. The number of pyridine rings is 1. The van der Waals surface area contributed by atoms with Crippen molar-refractivity contribution in [1.82, 2.24) is 9.38 Å². The fourth-order valence-corrected chi connectivity index (χ4v) is 1.97. The third-order valence-electron chi connectivity index (χ3n) is 2.20. The maximum absolute atomic E-state index is 11.5. The van der Waals surface area contributed by atoms with Gasteiger partial charge < -0.3 is 13.9 Å². The van der Waals surface area contributed by atoms with E-state index < -0.39 is 5.97 Å². The van der Waals surface area contributed by atoms with Gasteiger partial charge in [0, 0.05) is 6.20 Å². The van der Waals surface area contributed by atoms with Crippen LogP contribution in [0, 0.1) is 0 Å². The normalized spacial score (nSPS) is 10.5. The van der Waals surface area contributed by atoms with Crippen molar-refractivity contribution in [2.45, 2.75) is 6.92 Å². The molecule has 90 valence electrons. The summed E-state index contributed by atoms with van der Waals surface area (Å²) in [6.07, 6.45) is 3.36. The molecule has 17 heavy (non-hydrogen) atoms. The highest BCUT2D eigenvalue weighted by molar-refractivity contribution is 9.10. The lowest BCUT2D eigenvalue weighted by atomic mass is 10.4. The molecule has 0 aliphatic heterocycles. The Morgan fingerprint density at radius 3 is 2.94 bits per heavy atom. The highest BCUT2D eigenvalue weighted by atomic mass is 79.9. The van der Waals surface area contributed by atoms with Gasteiger partial charge in [-0.05, 0) is 28.9 Å². The molecule has 0 aliphatic rings. The van der Waals surface area contributed by atoms with E-state index in [0.717, 1.165) is 4.47 Å². The van der Waals surface area contributed by atoms with E-state index in [1.165, 1.54) is 0 Å². The van der Waals surface area contributed by atoms with Crippen LogP contribution in [0.1, 0.15) is 17.4 Å². The van der Waals surface area contributed by atoms with Gasteiger partial charge >= 0.3 is 5.97 Å². The van der Waals surface area contributed by atoms with Crippen LogP contribution < -0.4 is 4.74 Å². The summed E-state index contributed by atoms with van der Waals surface area (Å²) in [6.45, 7) is 2.09. The van der Waals surface area contributed by atoms with Crippen molar-refractivity contribution in [3.8, 4) is 5.75 Å². The number of aromatic nitrogens is 2. The van der Waals surface area contributed by atoms with E-state index in [4.69, 9.17) is 9.47 Å². The van der Waals surface area contributed by atoms with Crippen molar-refractivity contribution in [3.05, 3.63) is 28.6 Å². The van der Waals surface area contributed by atoms with Crippen molar-refractivity contribution >= 4 is 27.5 Å². The predicted molar refractivity (Wildman–Crippen MR) is 65.4 cm³/mol. The monoisotopic (exact) mass is 298 g/mol. The van der Waals surface area contributed by atoms with E-state index in [1.54, 1.807) is 36.9 Å². The summed E-state index contributed by atoms with van der Waals surface area (Å²) in [4.78, 5) is 15.7. The zero-order valence-electron chi connectivity index (χ0n) is 9.44. The van der Waals surface area contributed by atoms with Gasteiger partial charge in [0.1, 0.15) is 5.75 Å². The average Bonchev–Trinajstić information content (AvgIpc) is 2.73. The van der Waals surface area contributed by atoms with Crippen LogP contribution in [0.25, 0.3) is 5.65 Å². The second-order valence-electron chi connectivity index (χ2n) is 3.31. The molecule has 0 saturated carbocycles. The molecule has 2 rings (SSSR count). The first-order valence-corrected chi connectivity index (χ1v) is 5.84. The van der Waals surface area contributed by atoms with Crippen LogP contribution in [0.15, 0.2) is 22.9 Å². The van der Waals surface area contributed by atoms with E-state index >= 15 is 0 Å². The third-order valence-corrected chi connectivity index (χ3v) is 2.79. The number of ether oxygens (including phenoxy) is 2. The van der Waals surface area contributed by atoms with Gasteiger partial charge in [0.05, 0.1) is 24.4 Å². The fourth-order valence-electron chi connectivity index (χ4n) is 1.45. The van der Waals surface area contributed by atoms with E-state index in [0.29, 0.717) is 18.0 Å². The highest BCUT2D eigenvalue weighted by Gasteiger charge is 2.13. The zero-order valence-corrected chi connectivity index (χ0v) is 11.0. The summed E-state index contributed by atoms with van der Waals surface area (Å²) < 4.78 is 12.5. The van der Waals surface area contributed by atoms with E-state index in [9.17, 15) is 4.79 Å². The summed E-state index contributed by atoms with van der Waals surface area (Å²) in [5, 5.41) is 0. The number of rotatable bonds is 3. The number of nitrogens with zero attached hydrogens (tertiary/aromatic N) is 2. The SMILES string of the molecule is CCOC(=O)c1cn2cc(OC)cc(Br)c2n1. The standard InChI is InChI=1S/C11H11BrN2O3/c1-3-17-11(15)9-6-14-5-7(16-2)4-8(12)10(14)13-9/h4-6H,3H2,1-2H3. The van der Waals surface area contributed by atoms with Crippen LogP contribution >= 0.6 is 15.9 Å². The molecule has 0 N–H and O–H groups in total. The number of esters is 1. The van der Waals surface area contributed by atoms with Crippen LogP contribution in [-0.4, -0.2) is 29.1 Å². The van der Waals surface area contributed by atoms with Crippen molar-refractivity contribution in [3.63, 3.8) is 0 Å². The Labute approximate surface area is 106 Å². The summed E-state index contributed by atoms with van der Waals surface area (Å²) in [5.41, 5.74) is 0.926. The molecule has 0 unspecified atom stereocenters. The van der Waals surface area contributed by atoms with E-state index in [-0.39, 0.29) is 5.69 Å². The van der Waals surface area contributed by atoms with Gasteiger partial charge in [-0.2, -0.15) is 0 Å². The molecule has 0 radical (unpaired) electrons. The molecule has 2 aromatic rings. The summed E-state index contributed by atoms with van der Waals surface area (Å²) in [7, 11) is 1.58. The first-order chi connectivity index (χ1) is 8.15. The predicted octanol–water partition coefficient (Wildman–Crippen LogP) is 2.28. The van der Waals surface area contributed by atoms with Gasteiger partial charge in [-0.25, -0.2) is 9.78 Å². The maximum atomic E-state index is 11.5. The van der Waals surface area contributed by atoms with Crippen molar-refractivity contribution < 1.29 is 14.3 Å². The Balaban J connectivity index is 2.49. The van der Waals surface area contributed by atoms with Crippen molar-refractivity contribution in [1.29, 1.82) is 0 Å². The quantitative estimate of drug-likeness (QED) is 0.816. The number of carbonyl (C=O) groups is 1. The lowest BCUT2D eigenvalue weighted by molar-refractivity contribution is 0.0520. The Bertz CT molecular complexity index is 565. The van der Waals surface area contributed by atoms with E-state index in [1.807, 2.05) is 0 Å². The van der Waals surface area contributed by atoms with Gasteiger partial charge in [-0.15, -0.1) is 0 Å². The van der Waals surface area contributed by atoms with Crippen LogP contribution in [0.5, 0.6) is 5.75 Å². The number of halogens is 1. The molecule has 0 saturated heterocycles. The molecule has 0 fully saturated rings. The second kappa shape index (κ2) is 4.75. The third kappa shape index (κ3) is 2.26. The molecule has 2 aromatic heterocycles. The highest BCUT2D eigenvalue weighted by Crippen LogP contribution is 2.23. The van der Waals surface area contributed by atoms with Crippen molar-refractivity contribution in [2.24, 2.45) is 0 Å². The molecule has 0 spiro atoms. The lowest BCUT2D eigenvalue weighted by Crippen LogP contribution is -2.04. The molecule has 0 aliphatic carbocycles. The molecular weight excluding hydrogens is 288 g/mol. The van der Waals surface area contributed by atoms with Gasteiger partial charge in [0.25, 0.3) is 0 Å². The average molecular weight is 299 g/mol. The van der Waals surface area contributed by atoms with Crippen LogP contribution in [0.2, 0.25) is 0 Å². The molecular formula is C11H11BrN2O3. The van der Waals surface area contributed by atoms with Gasteiger partial charge in [0.15, 0.2) is 11.3 Å². The van der Waals surface area contributed by atoms with Gasteiger partial charge in [-0.3, -0.25) is 0 Å². The van der Waals surface area contributed by atoms with Crippen LogP contribution in [0.3, 0.4) is 0 Å². The number of hydrogen-bond acceptors (Lipinski definition) is 4. The second-order valence-corrected chi connectivity index (χ2v) is 4.16. The summed E-state index contributed by atoms with van der Waals surface area (Å²) >= 11 is 3.37. The molecule has 0 amide bonds. The van der Waals surface area contributed by atoms with Crippen LogP contribution in [0.4, 0.5) is 0 Å². The molecule has 6 heteroatoms. The number of hydrogen-bond donors (Lipinski definition) is 0. The Morgan fingerprint density at radius 2 is 2.29 bits per heavy atom. The van der Waals surface area contributed by atoms with Crippen molar-refractivity contribution in [2.75, 3.05) is 13.7 Å².